The molecule has 146 valence electrons. The lowest BCUT2D eigenvalue weighted by Crippen LogP contribution is -2.44. The fourth-order valence-corrected chi connectivity index (χ4v) is 3.08. The van der Waals surface area contributed by atoms with Crippen LogP contribution < -0.4 is 20.1 Å². The number of imide groups is 1. The van der Waals surface area contributed by atoms with Gasteiger partial charge < -0.3 is 20.1 Å². The van der Waals surface area contributed by atoms with Crippen LogP contribution in [-0.2, 0) is 15.1 Å². The normalized spacial score (nSPS) is 22.9. The molecule has 0 aromatic heterocycles. The van der Waals surface area contributed by atoms with Gasteiger partial charge in [-0.05, 0) is 38.0 Å². The highest BCUT2D eigenvalue weighted by Gasteiger charge is 2.49. The van der Waals surface area contributed by atoms with E-state index in [9.17, 15) is 14.4 Å². The minimum absolute atomic E-state index is 0.0219. The van der Waals surface area contributed by atoms with Crippen molar-refractivity contribution in [2.45, 2.75) is 45.2 Å². The molecule has 0 saturated carbocycles. The molecule has 8 nitrogen and oxygen atoms in total. The highest BCUT2D eigenvalue weighted by molar-refractivity contribution is 6.09. The van der Waals surface area contributed by atoms with Crippen molar-refractivity contribution in [2.75, 3.05) is 19.8 Å². The van der Waals surface area contributed by atoms with Gasteiger partial charge in [-0.15, -0.1) is 0 Å². The van der Waals surface area contributed by atoms with Gasteiger partial charge in [0.05, 0.1) is 13.2 Å². The van der Waals surface area contributed by atoms with E-state index < -0.39 is 17.5 Å². The van der Waals surface area contributed by atoms with Crippen LogP contribution in [0, 0.1) is 0 Å². The molecule has 0 radical (unpaired) electrons. The Morgan fingerprint density at radius 2 is 2.00 bits per heavy atom. The summed E-state index contributed by atoms with van der Waals surface area (Å²) in [5.74, 6) is 0.319. The number of urea groups is 1. The number of carbonyl (C=O) groups excluding carboxylic acids is 3. The lowest BCUT2D eigenvalue weighted by Gasteiger charge is -2.23. The number of nitrogens with zero attached hydrogens (tertiary/aromatic N) is 1. The van der Waals surface area contributed by atoms with Crippen LogP contribution in [0.4, 0.5) is 4.79 Å². The number of hydrogen-bond donors (Lipinski definition) is 2. The molecule has 2 heterocycles. The third-order valence-corrected chi connectivity index (χ3v) is 4.92. The lowest BCUT2D eigenvalue weighted by atomic mass is 9.91. The second-order valence-corrected chi connectivity index (χ2v) is 7.04. The Morgan fingerprint density at radius 3 is 2.70 bits per heavy atom. The summed E-state index contributed by atoms with van der Waals surface area (Å²) in [5.41, 5.74) is -0.687. The average Bonchev–Trinajstić information content (AvgIpc) is 2.82. The number of nitrogens with one attached hydrogen (secondary N) is 2. The molecule has 27 heavy (non-hydrogen) atoms. The Kier molecular flexibility index (Phi) is 5.25. The predicted molar refractivity (Wildman–Crippen MR) is 97.5 cm³/mol. The summed E-state index contributed by atoms with van der Waals surface area (Å²) in [6.45, 7) is 6.22. The zero-order chi connectivity index (χ0) is 19.6. The Bertz CT molecular complexity index is 766. The molecule has 1 fully saturated rings. The van der Waals surface area contributed by atoms with Crippen molar-refractivity contribution < 1.29 is 23.9 Å². The van der Waals surface area contributed by atoms with Gasteiger partial charge in [-0.3, -0.25) is 14.5 Å². The molecule has 2 aliphatic rings. The average molecular weight is 375 g/mol. The van der Waals surface area contributed by atoms with Crippen LogP contribution in [0.1, 0.15) is 39.2 Å². The molecule has 2 unspecified atom stereocenters. The van der Waals surface area contributed by atoms with E-state index in [4.69, 9.17) is 9.47 Å². The summed E-state index contributed by atoms with van der Waals surface area (Å²) in [6, 6.07) is 4.56. The van der Waals surface area contributed by atoms with E-state index >= 15 is 0 Å². The van der Waals surface area contributed by atoms with Gasteiger partial charge >= 0.3 is 6.03 Å². The van der Waals surface area contributed by atoms with Crippen LogP contribution >= 0.6 is 0 Å². The molecule has 2 N–H and O–H groups in total. The topological polar surface area (TPSA) is 97.0 Å². The SMILES string of the molecule is CCC(C)NC(=O)CN1C(=O)NC(C)(c2ccc3c(c2)OCCCO3)C1=O. The van der Waals surface area contributed by atoms with E-state index in [0.29, 0.717) is 30.3 Å². The number of carbonyl (C=O) groups is 3. The standard InChI is InChI=1S/C19H25N3O5/c1-4-12(2)20-16(23)11-22-17(24)19(3,21-18(22)25)13-6-7-14-15(10-13)27-9-5-8-26-14/h6-7,10,12H,4-5,8-9,11H2,1-3H3,(H,20,23)(H,21,25). The molecule has 0 aliphatic carbocycles. The molecular formula is C19H25N3O5. The van der Waals surface area contributed by atoms with Gasteiger partial charge in [0.2, 0.25) is 5.91 Å². The maximum absolute atomic E-state index is 13.0. The van der Waals surface area contributed by atoms with E-state index in [1.807, 2.05) is 13.8 Å². The molecule has 2 aliphatic heterocycles. The molecule has 0 spiro atoms. The van der Waals surface area contributed by atoms with Crippen molar-refractivity contribution in [3.8, 4) is 11.5 Å². The summed E-state index contributed by atoms with van der Waals surface area (Å²) in [7, 11) is 0. The Labute approximate surface area is 158 Å². The monoisotopic (exact) mass is 375 g/mol. The largest absolute Gasteiger partial charge is 0.490 e. The van der Waals surface area contributed by atoms with Crippen LogP contribution in [0.5, 0.6) is 11.5 Å². The number of ether oxygens (including phenoxy) is 2. The van der Waals surface area contributed by atoms with Crippen molar-refractivity contribution in [1.82, 2.24) is 15.5 Å². The number of rotatable bonds is 5. The molecule has 4 amide bonds. The third kappa shape index (κ3) is 3.70. The summed E-state index contributed by atoms with van der Waals surface area (Å²) in [5, 5.41) is 5.47. The quantitative estimate of drug-likeness (QED) is 0.761. The van der Waals surface area contributed by atoms with Crippen molar-refractivity contribution in [3.05, 3.63) is 23.8 Å². The highest BCUT2D eigenvalue weighted by atomic mass is 16.5. The van der Waals surface area contributed by atoms with Gasteiger partial charge in [0.15, 0.2) is 11.5 Å². The third-order valence-electron chi connectivity index (χ3n) is 4.92. The minimum Gasteiger partial charge on any atom is -0.490 e. The van der Waals surface area contributed by atoms with E-state index in [2.05, 4.69) is 10.6 Å². The predicted octanol–water partition coefficient (Wildman–Crippen LogP) is 1.53. The maximum Gasteiger partial charge on any atom is 0.325 e. The summed E-state index contributed by atoms with van der Waals surface area (Å²) >= 11 is 0. The van der Waals surface area contributed by atoms with Crippen LogP contribution in [0.2, 0.25) is 0 Å². The zero-order valence-electron chi connectivity index (χ0n) is 15.8. The Morgan fingerprint density at radius 1 is 1.30 bits per heavy atom. The van der Waals surface area contributed by atoms with Crippen molar-refractivity contribution in [2.24, 2.45) is 0 Å². The molecule has 1 aromatic rings. The first-order chi connectivity index (χ1) is 12.8. The molecule has 1 saturated heterocycles. The van der Waals surface area contributed by atoms with Crippen LogP contribution in [-0.4, -0.2) is 48.5 Å². The molecule has 8 heteroatoms. The van der Waals surface area contributed by atoms with Gasteiger partial charge in [-0.1, -0.05) is 13.0 Å². The summed E-state index contributed by atoms with van der Waals surface area (Å²) < 4.78 is 11.3. The second kappa shape index (κ2) is 7.46. The first-order valence-electron chi connectivity index (χ1n) is 9.18. The van der Waals surface area contributed by atoms with Crippen molar-refractivity contribution in [1.29, 1.82) is 0 Å². The highest BCUT2D eigenvalue weighted by Crippen LogP contribution is 2.36. The van der Waals surface area contributed by atoms with E-state index in [1.165, 1.54) is 0 Å². The van der Waals surface area contributed by atoms with E-state index in [-0.39, 0.29) is 18.5 Å². The Balaban J connectivity index is 1.80. The smallest absolute Gasteiger partial charge is 0.325 e. The van der Waals surface area contributed by atoms with E-state index in [1.54, 1.807) is 25.1 Å². The number of benzene rings is 1. The minimum atomic E-state index is -1.27. The van der Waals surface area contributed by atoms with Gasteiger partial charge in [-0.25, -0.2) is 4.79 Å². The molecule has 0 bridgehead atoms. The lowest BCUT2D eigenvalue weighted by molar-refractivity contribution is -0.135. The molecular weight excluding hydrogens is 350 g/mol. The molecule has 1 aromatic carbocycles. The number of hydrogen-bond acceptors (Lipinski definition) is 5. The number of fused-ring (bicyclic) bond motifs is 1. The Hall–Kier alpha value is -2.77. The van der Waals surface area contributed by atoms with Crippen LogP contribution in [0.3, 0.4) is 0 Å². The first kappa shape index (κ1) is 19.0. The summed E-state index contributed by atoms with van der Waals surface area (Å²) in [6.07, 6.45) is 1.54. The van der Waals surface area contributed by atoms with E-state index in [0.717, 1.165) is 17.7 Å². The molecule has 2 atom stereocenters. The van der Waals surface area contributed by atoms with Crippen molar-refractivity contribution >= 4 is 17.8 Å². The van der Waals surface area contributed by atoms with Gasteiger partial charge in [0.25, 0.3) is 5.91 Å². The first-order valence-corrected chi connectivity index (χ1v) is 9.18. The molecule has 3 rings (SSSR count). The fraction of sp³-hybridized carbons (Fsp3) is 0.526. The maximum atomic E-state index is 13.0. The van der Waals surface area contributed by atoms with Crippen LogP contribution in [0.25, 0.3) is 0 Å². The summed E-state index contributed by atoms with van der Waals surface area (Å²) in [4.78, 5) is 38.4. The number of amides is 4. The fourth-order valence-electron chi connectivity index (χ4n) is 3.08. The van der Waals surface area contributed by atoms with Gasteiger partial charge in [-0.2, -0.15) is 0 Å². The second-order valence-electron chi connectivity index (χ2n) is 7.04. The van der Waals surface area contributed by atoms with Crippen molar-refractivity contribution in [3.63, 3.8) is 0 Å². The van der Waals surface area contributed by atoms with Crippen LogP contribution in [0.15, 0.2) is 18.2 Å². The van der Waals surface area contributed by atoms with Gasteiger partial charge in [0, 0.05) is 12.5 Å². The van der Waals surface area contributed by atoms with Gasteiger partial charge in [0.1, 0.15) is 12.1 Å². The zero-order valence-corrected chi connectivity index (χ0v) is 15.8.